The fourth-order valence-corrected chi connectivity index (χ4v) is 2.60. The number of pyridine rings is 1. The molecule has 5 nitrogen and oxygen atoms in total. The third kappa shape index (κ3) is 4.02. The maximum atomic E-state index is 11.3. The molecule has 1 amide bonds. The summed E-state index contributed by atoms with van der Waals surface area (Å²) in [6.45, 7) is 7.76. The van der Waals surface area contributed by atoms with Gasteiger partial charge in [0, 0.05) is 12.7 Å². The largest absolute Gasteiger partial charge is 0.297 e. The molecule has 0 atom stereocenters. The van der Waals surface area contributed by atoms with E-state index in [9.17, 15) is 4.79 Å². The first kappa shape index (κ1) is 14.9. The van der Waals surface area contributed by atoms with Crippen LogP contribution in [0.5, 0.6) is 0 Å². The average Bonchev–Trinajstić information content (AvgIpc) is 2.60. The molecular weight excluding hydrogens is 252 g/mol. The molecule has 0 saturated carbocycles. The Hall–Kier alpha value is -1.46. The number of rotatable bonds is 3. The average molecular weight is 276 g/mol. The fourth-order valence-electron chi connectivity index (χ4n) is 2.60. The molecule has 0 radical (unpaired) electrons. The van der Waals surface area contributed by atoms with E-state index < -0.39 is 0 Å². The number of carbonyl (C=O) groups excluding carboxylic acids is 1. The summed E-state index contributed by atoms with van der Waals surface area (Å²) in [6.07, 6.45) is 5.33. The highest BCUT2D eigenvalue weighted by atomic mass is 16.2. The van der Waals surface area contributed by atoms with E-state index in [1.54, 1.807) is 12.3 Å². The Morgan fingerprint density at radius 2 is 2.20 bits per heavy atom. The highest BCUT2D eigenvalue weighted by molar-refractivity contribution is 5.93. The summed E-state index contributed by atoms with van der Waals surface area (Å²) in [6, 6.07) is 3.67. The van der Waals surface area contributed by atoms with Crippen LogP contribution in [-0.2, 0) is 6.54 Å². The molecule has 3 N–H and O–H groups in total. The standard InChI is InChI=1S/C15H24N4O/c1-15(2)6-3-8-19(9-7-15)11-13-5-4-12(10-17-13)14(20)18-16/h4-5,10H,3,6-9,11,16H2,1-2H3,(H,18,20). The number of nitrogen functional groups attached to an aromatic ring is 1. The second-order valence-electron chi connectivity index (χ2n) is 6.31. The SMILES string of the molecule is CC1(C)CCCN(Cc2ccc(C(=O)NN)cn2)CC1. The van der Waals surface area contributed by atoms with Gasteiger partial charge >= 0.3 is 0 Å². The van der Waals surface area contributed by atoms with Gasteiger partial charge in [0.05, 0.1) is 11.3 Å². The first-order chi connectivity index (χ1) is 9.50. The first-order valence-electron chi connectivity index (χ1n) is 7.18. The lowest BCUT2D eigenvalue weighted by Gasteiger charge is -2.23. The number of likely N-dealkylation sites (tertiary alicyclic amines) is 1. The summed E-state index contributed by atoms with van der Waals surface area (Å²) in [7, 11) is 0. The number of carbonyl (C=O) groups is 1. The van der Waals surface area contributed by atoms with Crippen molar-refractivity contribution in [2.45, 2.75) is 39.7 Å². The number of nitrogens with two attached hydrogens (primary N) is 1. The van der Waals surface area contributed by atoms with Gasteiger partial charge in [-0.15, -0.1) is 0 Å². The number of aromatic nitrogens is 1. The van der Waals surface area contributed by atoms with Gasteiger partial charge in [0.25, 0.3) is 5.91 Å². The normalized spacial score (nSPS) is 19.4. The number of hydrogen-bond donors (Lipinski definition) is 2. The van der Waals surface area contributed by atoms with E-state index >= 15 is 0 Å². The van der Waals surface area contributed by atoms with E-state index in [-0.39, 0.29) is 5.91 Å². The molecule has 20 heavy (non-hydrogen) atoms. The van der Waals surface area contributed by atoms with Crippen LogP contribution in [0.1, 0.15) is 49.2 Å². The van der Waals surface area contributed by atoms with Crippen LogP contribution in [0.4, 0.5) is 0 Å². The van der Waals surface area contributed by atoms with E-state index in [1.165, 1.54) is 19.3 Å². The molecular formula is C15H24N4O. The van der Waals surface area contributed by atoms with Crippen LogP contribution < -0.4 is 11.3 Å². The summed E-state index contributed by atoms with van der Waals surface area (Å²) in [5.41, 5.74) is 4.05. The van der Waals surface area contributed by atoms with Crippen LogP contribution >= 0.6 is 0 Å². The van der Waals surface area contributed by atoms with E-state index in [0.717, 1.165) is 25.3 Å². The van der Waals surface area contributed by atoms with Crippen LogP contribution in [0.25, 0.3) is 0 Å². The van der Waals surface area contributed by atoms with Crippen molar-refractivity contribution in [3.8, 4) is 0 Å². The Balaban J connectivity index is 1.94. The minimum Gasteiger partial charge on any atom is -0.297 e. The lowest BCUT2D eigenvalue weighted by atomic mass is 9.85. The highest BCUT2D eigenvalue weighted by Crippen LogP contribution is 2.30. The Kier molecular flexibility index (Phi) is 4.73. The van der Waals surface area contributed by atoms with Crippen molar-refractivity contribution in [3.63, 3.8) is 0 Å². The zero-order valence-corrected chi connectivity index (χ0v) is 12.4. The van der Waals surface area contributed by atoms with E-state index in [1.807, 2.05) is 6.07 Å². The summed E-state index contributed by atoms with van der Waals surface area (Å²) >= 11 is 0. The lowest BCUT2D eigenvalue weighted by Crippen LogP contribution is -2.30. The molecule has 1 aliphatic rings. The first-order valence-corrected chi connectivity index (χ1v) is 7.18. The van der Waals surface area contributed by atoms with Gasteiger partial charge in [0.15, 0.2) is 0 Å². The molecule has 0 aromatic carbocycles. The zero-order chi connectivity index (χ0) is 14.6. The molecule has 1 fully saturated rings. The minimum absolute atomic E-state index is 0.305. The molecule has 0 bridgehead atoms. The van der Waals surface area contributed by atoms with E-state index in [4.69, 9.17) is 5.84 Å². The minimum atomic E-state index is -0.305. The van der Waals surface area contributed by atoms with Crippen LogP contribution in [0.2, 0.25) is 0 Å². The maximum Gasteiger partial charge on any atom is 0.266 e. The van der Waals surface area contributed by atoms with Crippen molar-refractivity contribution in [2.75, 3.05) is 13.1 Å². The molecule has 1 aromatic heterocycles. The quantitative estimate of drug-likeness (QED) is 0.501. The third-order valence-corrected chi connectivity index (χ3v) is 4.04. The number of hydrazine groups is 1. The summed E-state index contributed by atoms with van der Waals surface area (Å²) in [4.78, 5) is 18.1. The van der Waals surface area contributed by atoms with Crippen LogP contribution in [0.15, 0.2) is 18.3 Å². The summed E-state index contributed by atoms with van der Waals surface area (Å²) in [5.74, 6) is 4.79. The van der Waals surface area contributed by atoms with Crippen molar-refractivity contribution >= 4 is 5.91 Å². The van der Waals surface area contributed by atoms with Crippen molar-refractivity contribution in [1.82, 2.24) is 15.3 Å². The molecule has 0 aliphatic carbocycles. The molecule has 0 spiro atoms. The number of amides is 1. The Labute approximate surface area is 120 Å². The van der Waals surface area contributed by atoms with Gasteiger partial charge in [0.1, 0.15) is 0 Å². The van der Waals surface area contributed by atoms with Gasteiger partial charge in [0.2, 0.25) is 0 Å². The predicted molar refractivity (Wildman–Crippen MR) is 78.8 cm³/mol. The highest BCUT2D eigenvalue weighted by Gasteiger charge is 2.23. The molecule has 2 rings (SSSR count). The topological polar surface area (TPSA) is 71.2 Å². The second kappa shape index (κ2) is 6.33. The summed E-state index contributed by atoms with van der Waals surface area (Å²) < 4.78 is 0. The maximum absolute atomic E-state index is 11.3. The van der Waals surface area contributed by atoms with E-state index in [0.29, 0.717) is 11.0 Å². The van der Waals surface area contributed by atoms with Gasteiger partial charge in [-0.1, -0.05) is 13.8 Å². The van der Waals surface area contributed by atoms with Crippen LogP contribution in [0.3, 0.4) is 0 Å². The van der Waals surface area contributed by atoms with Gasteiger partial charge in [-0.05, 0) is 49.9 Å². The Morgan fingerprint density at radius 1 is 1.40 bits per heavy atom. The van der Waals surface area contributed by atoms with Crippen molar-refractivity contribution in [1.29, 1.82) is 0 Å². The van der Waals surface area contributed by atoms with Gasteiger partial charge in [-0.3, -0.25) is 20.1 Å². The molecule has 1 saturated heterocycles. The third-order valence-electron chi connectivity index (χ3n) is 4.04. The number of nitrogens with zero attached hydrogens (tertiary/aromatic N) is 2. The van der Waals surface area contributed by atoms with Gasteiger partial charge in [-0.2, -0.15) is 0 Å². The van der Waals surface area contributed by atoms with Crippen LogP contribution in [0, 0.1) is 5.41 Å². The second-order valence-corrected chi connectivity index (χ2v) is 6.31. The van der Waals surface area contributed by atoms with Crippen molar-refractivity contribution in [2.24, 2.45) is 11.3 Å². The van der Waals surface area contributed by atoms with Crippen molar-refractivity contribution < 1.29 is 4.79 Å². The smallest absolute Gasteiger partial charge is 0.266 e. The molecule has 110 valence electrons. The fraction of sp³-hybridized carbons (Fsp3) is 0.600. The lowest BCUT2D eigenvalue weighted by molar-refractivity contribution is 0.0953. The molecule has 0 unspecified atom stereocenters. The molecule has 1 aliphatic heterocycles. The zero-order valence-electron chi connectivity index (χ0n) is 12.4. The number of nitrogens with one attached hydrogen (secondary N) is 1. The van der Waals surface area contributed by atoms with Crippen LogP contribution in [-0.4, -0.2) is 28.9 Å². The molecule has 5 heteroatoms. The Morgan fingerprint density at radius 3 is 2.85 bits per heavy atom. The number of hydrogen-bond acceptors (Lipinski definition) is 4. The van der Waals surface area contributed by atoms with E-state index in [2.05, 4.69) is 29.2 Å². The molecule has 1 aromatic rings. The van der Waals surface area contributed by atoms with Gasteiger partial charge in [-0.25, -0.2) is 5.84 Å². The monoisotopic (exact) mass is 276 g/mol. The Bertz CT molecular complexity index is 455. The van der Waals surface area contributed by atoms with Crippen molar-refractivity contribution in [3.05, 3.63) is 29.6 Å². The van der Waals surface area contributed by atoms with Gasteiger partial charge < -0.3 is 0 Å². The summed E-state index contributed by atoms with van der Waals surface area (Å²) in [5, 5.41) is 0. The predicted octanol–water partition coefficient (Wildman–Crippen LogP) is 1.70. The molecule has 2 heterocycles.